The van der Waals surface area contributed by atoms with Crippen LogP contribution in [0.25, 0.3) is 22.6 Å². The number of nitrogens with zero attached hydrogens (tertiary/aromatic N) is 2. The number of carbonyl (C=O) groups excluding carboxylic acids is 1. The Morgan fingerprint density at radius 2 is 2.07 bits per heavy atom. The number of nitrogens with one attached hydrogen (secondary N) is 2. The predicted octanol–water partition coefficient (Wildman–Crippen LogP) is 3.61. The van der Waals surface area contributed by atoms with Crippen LogP contribution >= 0.6 is 15.9 Å². The van der Waals surface area contributed by atoms with Gasteiger partial charge in [0.2, 0.25) is 5.91 Å². The minimum Gasteiger partial charge on any atom is -0.378 e. The van der Waals surface area contributed by atoms with Crippen LogP contribution in [0.2, 0.25) is 0 Å². The monoisotopic (exact) mass is 441 g/mol. The lowest BCUT2D eigenvalue weighted by molar-refractivity contribution is -0.122. The summed E-state index contributed by atoms with van der Waals surface area (Å²) in [6.45, 7) is 0. The van der Waals surface area contributed by atoms with Crippen molar-refractivity contribution in [1.29, 1.82) is 0 Å². The molecule has 0 aliphatic heterocycles. The zero-order valence-electron chi connectivity index (χ0n) is 14.7. The average molecular weight is 442 g/mol. The maximum atomic E-state index is 14.2. The Bertz CT molecular complexity index is 1130. The van der Waals surface area contributed by atoms with E-state index in [-0.39, 0.29) is 35.5 Å². The number of halogens is 2. The van der Waals surface area contributed by atoms with Crippen molar-refractivity contribution in [2.24, 2.45) is 23.5 Å². The van der Waals surface area contributed by atoms with Crippen molar-refractivity contribution in [3.8, 4) is 11.4 Å². The number of amides is 1. The highest BCUT2D eigenvalue weighted by Gasteiger charge is 2.47. The maximum absolute atomic E-state index is 14.2. The summed E-state index contributed by atoms with van der Waals surface area (Å²) in [5, 5.41) is 3.49. The summed E-state index contributed by atoms with van der Waals surface area (Å²) in [4.78, 5) is 24.0. The number of aromatic amines is 1. The number of H-pyrrole nitrogens is 1. The highest BCUT2D eigenvalue weighted by Crippen LogP contribution is 2.46. The third kappa shape index (κ3) is 2.63. The van der Waals surface area contributed by atoms with Crippen LogP contribution in [0.5, 0.6) is 0 Å². The van der Waals surface area contributed by atoms with E-state index in [1.54, 1.807) is 24.4 Å². The lowest BCUT2D eigenvalue weighted by Crippen LogP contribution is -2.41. The Balaban J connectivity index is 1.58. The van der Waals surface area contributed by atoms with Crippen LogP contribution < -0.4 is 11.1 Å². The van der Waals surface area contributed by atoms with E-state index in [1.807, 2.05) is 0 Å². The van der Waals surface area contributed by atoms with E-state index in [9.17, 15) is 9.18 Å². The van der Waals surface area contributed by atoms with Crippen molar-refractivity contribution in [2.75, 3.05) is 5.32 Å². The minimum atomic E-state index is -0.359. The molecule has 1 aromatic carbocycles. The largest absolute Gasteiger partial charge is 0.378 e. The molecule has 6 nitrogen and oxygen atoms in total. The molecule has 2 aliphatic rings. The fourth-order valence-electron chi connectivity index (χ4n) is 4.43. The van der Waals surface area contributed by atoms with Crippen molar-refractivity contribution in [3.05, 3.63) is 52.9 Å². The normalized spacial score (nSPS) is 25.5. The number of pyridine rings is 1. The number of allylic oxidation sites excluding steroid dienone is 1. The second kappa shape index (κ2) is 6.41. The van der Waals surface area contributed by atoms with Crippen LogP contribution in [0, 0.1) is 23.6 Å². The fraction of sp³-hybridized carbons (Fsp3) is 0.250. The third-order valence-electron chi connectivity index (χ3n) is 5.70. The molecule has 2 bridgehead atoms. The molecule has 28 heavy (non-hydrogen) atoms. The standard InChI is InChI=1S/C20H17BrFN5O/c21-12-8-24-20-17(26-19(27-20)11-3-1-2-4-13(11)22)16(12)25-15-10-6-5-9(7-10)14(15)18(23)28/h1-6,8-10,14-15H,7H2,(H2,23,28)(H2,24,25,26,27)/t9-,10-,14+,15-/m1/s1. The first-order chi connectivity index (χ1) is 13.5. The van der Waals surface area contributed by atoms with Crippen LogP contribution in [0.3, 0.4) is 0 Å². The van der Waals surface area contributed by atoms with Crippen LogP contribution in [0.1, 0.15) is 6.42 Å². The van der Waals surface area contributed by atoms with Gasteiger partial charge in [-0.3, -0.25) is 4.79 Å². The molecule has 0 radical (unpaired) electrons. The molecule has 0 unspecified atom stereocenters. The van der Waals surface area contributed by atoms with E-state index in [2.05, 4.69) is 48.4 Å². The average Bonchev–Trinajstić information content (AvgIpc) is 3.38. The van der Waals surface area contributed by atoms with Gasteiger partial charge in [0, 0.05) is 12.2 Å². The van der Waals surface area contributed by atoms with Crippen molar-refractivity contribution in [2.45, 2.75) is 12.5 Å². The van der Waals surface area contributed by atoms with Gasteiger partial charge in [0.15, 0.2) is 5.65 Å². The highest BCUT2D eigenvalue weighted by atomic mass is 79.9. The molecule has 1 saturated carbocycles. The van der Waals surface area contributed by atoms with Gasteiger partial charge in [-0.05, 0) is 46.3 Å². The molecule has 4 atom stereocenters. The quantitative estimate of drug-likeness (QED) is 0.538. The van der Waals surface area contributed by atoms with Gasteiger partial charge in [-0.15, -0.1) is 0 Å². The van der Waals surface area contributed by atoms with E-state index in [4.69, 9.17) is 5.73 Å². The summed E-state index contributed by atoms with van der Waals surface area (Å²) in [5.74, 6) is -0.104. The molecular formula is C20H17BrFN5O. The van der Waals surface area contributed by atoms with Crippen LogP contribution in [-0.4, -0.2) is 26.9 Å². The molecule has 142 valence electrons. The van der Waals surface area contributed by atoms with E-state index < -0.39 is 0 Å². The second-order valence-electron chi connectivity index (χ2n) is 7.29. The van der Waals surface area contributed by atoms with Crippen molar-refractivity contribution < 1.29 is 9.18 Å². The van der Waals surface area contributed by atoms with Crippen molar-refractivity contribution >= 4 is 38.7 Å². The van der Waals surface area contributed by atoms with E-state index in [0.717, 1.165) is 16.6 Å². The number of benzene rings is 1. The Labute approximate surface area is 168 Å². The molecule has 8 heteroatoms. The number of imidazole rings is 1. The maximum Gasteiger partial charge on any atom is 0.223 e. The lowest BCUT2D eigenvalue weighted by atomic mass is 9.88. The molecule has 4 N–H and O–H groups in total. The molecule has 3 aromatic rings. The van der Waals surface area contributed by atoms with Gasteiger partial charge >= 0.3 is 0 Å². The predicted molar refractivity (Wildman–Crippen MR) is 108 cm³/mol. The van der Waals surface area contributed by atoms with Gasteiger partial charge in [-0.2, -0.15) is 0 Å². The number of aromatic nitrogens is 3. The van der Waals surface area contributed by atoms with Gasteiger partial charge in [-0.1, -0.05) is 24.3 Å². The van der Waals surface area contributed by atoms with Gasteiger partial charge < -0.3 is 16.0 Å². The number of primary amides is 1. The smallest absolute Gasteiger partial charge is 0.223 e. The van der Waals surface area contributed by atoms with Gasteiger partial charge in [-0.25, -0.2) is 14.4 Å². The Kier molecular flexibility index (Phi) is 3.97. The second-order valence-corrected chi connectivity index (χ2v) is 8.15. The number of fused-ring (bicyclic) bond motifs is 3. The van der Waals surface area contributed by atoms with E-state index >= 15 is 0 Å². The summed E-state index contributed by atoms with van der Waals surface area (Å²) in [5.41, 5.74) is 7.93. The molecule has 1 fully saturated rings. The van der Waals surface area contributed by atoms with Crippen LogP contribution in [0.4, 0.5) is 10.1 Å². The molecule has 2 heterocycles. The summed E-state index contributed by atoms with van der Waals surface area (Å²) in [6, 6.07) is 6.35. The first-order valence-electron chi connectivity index (χ1n) is 9.06. The number of nitrogens with two attached hydrogens (primary N) is 1. The number of anilines is 1. The van der Waals surface area contributed by atoms with E-state index in [1.165, 1.54) is 6.07 Å². The number of rotatable bonds is 4. The highest BCUT2D eigenvalue weighted by molar-refractivity contribution is 9.10. The fourth-order valence-corrected chi connectivity index (χ4v) is 4.84. The number of carbonyl (C=O) groups is 1. The molecule has 1 amide bonds. The first kappa shape index (κ1) is 17.4. The van der Waals surface area contributed by atoms with Gasteiger partial charge in [0.05, 0.1) is 21.6 Å². The zero-order chi connectivity index (χ0) is 19.4. The van der Waals surface area contributed by atoms with Gasteiger partial charge in [0.25, 0.3) is 0 Å². The Morgan fingerprint density at radius 3 is 2.86 bits per heavy atom. The Hall–Kier alpha value is -2.74. The number of hydrogen-bond donors (Lipinski definition) is 3. The topological polar surface area (TPSA) is 96.7 Å². The third-order valence-corrected chi connectivity index (χ3v) is 6.30. The first-order valence-corrected chi connectivity index (χ1v) is 9.85. The van der Waals surface area contributed by atoms with E-state index in [0.29, 0.717) is 22.6 Å². The molecule has 0 saturated heterocycles. The van der Waals surface area contributed by atoms with Crippen molar-refractivity contribution in [3.63, 3.8) is 0 Å². The lowest BCUT2D eigenvalue weighted by Gasteiger charge is -2.28. The summed E-state index contributed by atoms with van der Waals surface area (Å²) in [6.07, 6.45) is 6.80. The Morgan fingerprint density at radius 1 is 1.29 bits per heavy atom. The molecule has 0 spiro atoms. The van der Waals surface area contributed by atoms with Crippen molar-refractivity contribution in [1.82, 2.24) is 15.0 Å². The zero-order valence-corrected chi connectivity index (χ0v) is 16.3. The summed E-state index contributed by atoms with van der Waals surface area (Å²) < 4.78 is 14.9. The van der Waals surface area contributed by atoms with Gasteiger partial charge in [0.1, 0.15) is 17.2 Å². The summed E-state index contributed by atoms with van der Waals surface area (Å²) >= 11 is 3.53. The molecule has 2 aliphatic carbocycles. The molecular weight excluding hydrogens is 425 g/mol. The van der Waals surface area contributed by atoms with Crippen LogP contribution in [-0.2, 0) is 4.79 Å². The minimum absolute atomic E-state index is 0.102. The SMILES string of the molecule is NC(=O)[C@@H]1[C@H](Nc2c(Br)cnc3nc(-c4ccccc4F)[nH]c23)[C@@H]2C=C[C@@H]1C2. The molecule has 2 aromatic heterocycles. The number of hydrogen-bond acceptors (Lipinski definition) is 4. The summed E-state index contributed by atoms with van der Waals surface area (Å²) in [7, 11) is 0. The van der Waals surface area contributed by atoms with Crippen LogP contribution in [0.15, 0.2) is 47.1 Å². The molecule has 5 rings (SSSR count).